The molecule has 1 saturated heterocycles. The normalized spacial score (nSPS) is 19.0. The molecule has 17 heavy (non-hydrogen) atoms. The Hall–Kier alpha value is -1.48. The fourth-order valence-electron chi connectivity index (χ4n) is 3.40. The minimum atomic E-state index is 0.129. The Balaban J connectivity index is 2.01. The fraction of sp³-hybridized carbons (Fsp3) is 0.429. The summed E-state index contributed by atoms with van der Waals surface area (Å²) in [5.74, 6) is 2.05. The Morgan fingerprint density at radius 3 is 2.88 bits per heavy atom. The van der Waals surface area contributed by atoms with Crippen LogP contribution in [0.3, 0.4) is 0 Å². The molecule has 0 amide bonds. The quantitative estimate of drug-likeness (QED) is 0.786. The highest BCUT2D eigenvalue weighted by atomic mass is 16.3. The summed E-state index contributed by atoms with van der Waals surface area (Å²) in [5, 5.41) is 10.6. The van der Waals surface area contributed by atoms with Crippen LogP contribution < -0.4 is 4.90 Å². The van der Waals surface area contributed by atoms with E-state index < -0.39 is 0 Å². The first-order valence-electron chi connectivity index (χ1n) is 6.37. The molecule has 4 heterocycles. The van der Waals surface area contributed by atoms with Gasteiger partial charge < -0.3 is 15.0 Å². The van der Waals surface area contributed by atoms with E-state index in [-0.39, 0.29) is 6.61 Å². The van der Waals surface area contributed by atoms with Gasteiger partial charge in [0.1, 0.15) is 5.82 Å². The topological polar surface area (TPSA) is 39.3 Å². The predicted molar refractivity (Wildman–Crippen MR) is 68.4 cm³/mol. The second-order valence-electron chi connectivity index (χ2n) is 5.19. The molecule has 2 aromatic rings. The van der Waals surface area contributed by atoms with Crippen LogP contribution in [0.15, 0.2) is 18.2 Å². The number of nitrogens with zero attached hydrogens (tertiary/aromatic N) is 1. The molecule has 0 radical (unpaired) electrons. The van der Waals surface area contributed by atoms with Crippen LogP contribution in [0.5, 0.6) is 0 Å². The van der Waals surface area contributed by atoms with E-state index in [1.54, 1.807) is 0 Å². The molecule has 5 rings (SSSR count). The molecular formula is C14H16N2O. The van der Waals surface area contributed by atoms with E-state index in [0.717, 1.165) is 11.5 Å². The van der Waals surface area contributed by atoms with Gasteiger partial charge in [0, 0.05) is 29.6 Å². The van der Waals surface area contributed by atoms with Crippen LogP contribution in [0.2, 0.25) is 0 Å². The number of piperidine rings is 1. The zero-order valence-corrected chi connectivity index (χ0v) is 9.74. The molecule has 0 atom stereocenters. The van der Waals surface area contributed by atoms with Crippen LogP contribution in [0.25, 0.3) is 10.9 Å². The Bertz CT molecular complexity index is 579. The lowest BCUT2D eigenvalue weighted by Gasteiger charge is -2.40. The third-order valence-electron chi connectivity index (χ3n) is 4.28. The van der Waals surface area contributed by atoms with Crippen molar-refractivity contribution >= 4 is 16.7 Å². The molecule has 1 aromatic carbocycles. The Morgan fingerprint density at radius 2 is 2.12 bits per heavy atom. The zero-order chi connectivity index (χ0) is 11.4. The number of fused-ring (bicyclic) bond motifs is 3. The summed E-state index contributed by atoms with van der Waals surface area (Å²) in [4.78, 5) is 6.01. The largest absolute Gasteiger partial charge is 0.392 e. The van der Waals surface area contributed by atoms with E-state index in [2.05, 4.69) is 22.0 Å². The first-order valence-corrected chi connectivity index (χ1v) is 6.37. The molecule has 1 fully saturated rings. The van der Waals surface area contributed by atoms with Crippen LogP contribution in [-0.2, 0) is 6.61 Å². The summed E-state index contributed by atoms with van der Waals surface area (Å²) in [6.07, 6.45) is 2.56. The minimum Gasteiger partial charge on any atom is -0.392 e. The van der Waals surface area contributed by atoms with Gasteiger partial charge in [-0.3, -0.25) is 0 Å². The number of anilines is 1. The number of aromatic amines is 1. The molecular weight excluding hydrogens is 212 g/mol. The Morgan fingerprint density at radius 1 is 1.29 bits per heavy atom. The lowest BCUT2D eigenvalue weighted by molar-refractivity contribution is 0.282. The van der Waals surface area contributed by atoms with Gasteiger partial charge >= 0.3 is 0 Å². The number of benzene rings is 1. The van der Waals surface area contributed by atoms with Crippen molar-refractivity contribution in [1.82, 2.24) is 4.98 Å². The summed E-state index contributed by atoms with van der Waals surface area (Å²) in [6, 6.07) is 6.24. The zero-order valence-electron chi connectivity index (χ0n) is 9.74. The Labute approximate surface area is 100 Å². The maximum Gasteiger partial charge on any atom is 0.110 e. The molecule has 3 aliphatic rings. The minimum absolute atomic E-state index is 0.129. The first-order chi connectivity index (χ1) is 8.36. The summed E-state index contributed by atoms with van der Waals surface area (Å²) in [7, 11) is 0. The van der Waals surface area contributed by atoms with Gasteiger partial charge in [0.15, 0.2) is 0 Å². The van der Waals surface area contributed by atoms with Crippen molar-refractivity contribution in [3.8, 4) is 0 Å². The Kier molecular flexibility index (Phi) is 1.83. The number of nitrogens with one attached hydrogen (secondary N) is 1. The molecule has 0 saturated carbocycles. The van der Waals surface area contributed by atoms with Crippen molar-refractivity contribution in [3.05, 3.63) is 29.3 Å². The number of aliphatic hydroxyl groups is 1. The molecule has 0 aliphatic carbocycles. The van der Waals surface area contributed by atoms with Crippen molar-refractivity contribution in [3.63, 3.8) is 0 Å². The van der Waals surface area contributed by atoms with Crippen LogP contribution in [-0.4, -0.2) is 23.2 Å². The molecule has 3 nitrogen and oxygen atoms in total. The smallest absolute Gasteiger partial charge is 0.110 e. The van der Waals surface area contributed by atoms with Gasteiger partial charge in [0.05, 0.1) is 6.61 Å². The van der Waals surface area contributed by atoms with E-state index in [0.29, 0.717) is 0 Å². The summed E-state index contributed by atoms with van der Waals surface area (Å²) in [6.45, 7) is 2.51. The van der Waals surface area contributed by atoms with Gasteiger partial charge in [-0.2, -0.15) is 0 Å². The molecule has 3 heteroatoms. The van der Waals surface area contributed by atoms with Crippen LogP contribution in [0.4, 0.5) is 5.82 Å². The lowest BCUT2D eigenvalue weighted by atomic mass is 9.84. The van der Waals surface area contributed by atoms with Crippen molar-refractivity contribution in [2.45, 2.75) is 25.4 Å². The van der Waals surface area contributed by atoms with Gasteiger partial charge in [-0.1, -0.05) is 6.07 Å². The highest BCUT2D eigenvalue weighted by molar-refractivity contribution is 5.91. The molecule has 2 bridgehead atoms. The second kappa shape index (κ2) is 3.26. The lowest BCUT2D eigenvalue weighted by Crippen LogP contribution is -2.38. The van der Waals surface area contributed by atoms with E-state index in [9.17, 15) is 5.11 Å². The van der Waals surface area contributed by atoms with E-state index in [1.807, 2.05) is 6.07 Å². The number of H-pyrrole nitrogens is 1. The number of hydrogen-bond acceptors (Lipinski definition) is 2. The molecule has 88 valence electrons. The molecule has 1 aromatic heterocycles. The summed E-state index contributed by atoms with van der Waals surface area (Å²) in [5.41, 5.74) is 3.72. The van der Waals surface area contributed by atoms with Gasteiger partial charge in [-0.15, -0.1) is 0 Å². The maximum atomic E-state index is 9.25. The SMILES string of the molecule is OCc1ccc2[nH]c3c(c2c1)C1CCN3CC1. The average Bonchev–Trinajstić information content (AvgIpc) is 2.80. The van der Waals surface area contributed by atoms with Crippen molar-refractivity contribution in [2.24, 2.45) is 0 Å². The monoisotopic (exact) mass is 228 g/mol. The molecule has 2 N–H and O–H groups in total. The molecule has 0 unspecified atom stereocenters. The van der Waals surface area contributed by atoms with E-state index in [1.165, 1.54) is 48.2 Å². The number of rotatable bonds is 1. The van der Waals surface area contributed by atoms with Gasteiger partial charge in [-0.05, 0) is 36.5 Å². The standard InChI is InChI=1S/C14H16N2O/c17-8-9-1-2-12-11(7-9)13-10-3-5-16(6-4-10)14(13)15-12/h1-2,7,10,15,17H,3-6,8H2. The predicted octanol–water partition coefficient (Wildman–Crippen LogP) is 2.36. The van der Waals surface area contributed by atoms with Crippen molar-refractivity contribution in [1.29, 1.82) is 0 Å². The van der Waals surface area contributed by atoms with Gasteiger partial charge in [0.2, 0.25) is 0 Å². The van der Waals surface area contributed by atoms with Crippen molar-refractivity contribution < 1.29 is 5.11 Å². The second-order valence-corrected chi connectivity index (χ2v) is 5.19. The van der Waals surface area contributed by atoms with Gasteiger partial charge in [-0.25, -0.2) is 0 Å². The van der Waals surface area contributed by atoms with Crippen LogP contribution >= 0.6 is 0 Å². The highest BCUT2D eigenvalue weighted by Gasteiger charge is 2.33. The average molecular weight is 228 g/mol. The van der Waals surface area contributed by atoms with Crippen molar-refractivity contribution in [2.75, 3.05) is 18.0 Å². The van der Waals surface area contributed by atoms with Crippen LogP contribution in [0, 0.1) is 0 Å². The third kappa shape index (κ3) is 1.20. The summed E-state index contributed by atoms with van der Waals surface area (Å²) >= 11 is 0. The van der Waals surface area contributed by atoms with Gasteiger partial charge in [0.25, 0.3) is 0 Å². The molecule has 3 aliphatic heterocycles. The number of hydrogen-bond donors (Lipinski definition) is 2. The maximum absolute atomic E-state index is 9.25. The number of aliphatic hydroxyl groups excluding tert-OH is 1. The van der Waals surface area contributed by atoms with E-state index in [4.69, 9.17) is 0 Å². The van der Waals surface area contributed by atoms with Crippen LogP contribution in [0.1, 0.15) is 29.9 Å². The highest BCUT2D eigenvalue weighted by Crippen LogP contribution is 2.45. The fourth-order valence-corrected chi connectivity index (χ4v) is 3.40. The summed E-state index contributed by atoms with van der Waals surface area (Å²) < 4.78 is 0. The third-order valence-corrected chi connectivity index (χ3v) is 4.28. The first kappa shape index (κ1) is 9.54. The number of aromatic nitrogens is 1. The molecule has 0 spiro atoms. The van der Waals surface area contributed by atoms with E-state index >= 15 is 0 Å².